The van der Waals surface area contributed by atoms with E-state index in [9.17, 15) is 4.79 Å². The Morgan fingerprint density at radius 3 is 2.43 bits per heavy atom. The van der Waals surface area contributed by atoms with Crippen LogP contribution in [0, 0.1) is 5.92 Å². The van der Waals surface area contributed by atoms with Gasteiger partial charge in [-0.25, -0.2) is 0 Å². The van der Waals surface area contributed by atoms with Gasteiger partial charge in [-0.05, 0) is 43.1 Å². The molecule has 0 radical (unpaired) electrons. The Labute approximate surface area is 128 Å². The second kappa shape index (κ2) is 7.60. The van der Waals surface area contributed by atoms with Crippen LogP contribution >= 0.6 is 0 Å². The Morgan fingerprint density at radius 1 is 1.24 bits per heavy atom. The number of carbonyl (C=O) groups excluding carboxylic acids is 1. The van der Waals surface area contributed by atoms with E-state index in [0.29, 0.717) is 12.0 Å². The molecule has 3 nitrogen and oxygen atoms in total. The summed E-state index contributed by atoms with van der Waals surface area (Å²) in [6.45, 7) is 4.11. The van der Waals surface area contributed by atoms with E-state index in [-0.39, 0.29) is 17.9 Å². The minimum atomic E-state index is -0.373. The van der Waals surface area contributed by atoms with Crippen LogP contribution in [-0.4, -0.2) is 18.0 Å². The molecule has 0 spiro atoms. The Kier molecular flexibility index (Phi) is 5.80. The average molecular weight is 288 g/mol. The molecule has 3 heteroatoms. The van der Waals surface area contributed by atoms with Crippen LogP contribution in [0.5, 0.6) is 0 Å². The maximum atomic E-state index is 12.1. The maximum Gasteiger partial charge on any atom is 0.237 e. The quantitative estimate of drug-likeness (QED) is 0.874. The molecule has 1 amide bonds. The second-order valence-electron chi connectivity index (χ2n) is 6.38. The standard InChI is InChI=1S/C18H28N2O/c1-3-13(2)17(19)18(21)20-16-11-9-15(10-12-16)14-7-5-4-6-8-14/h4-8,13,15-17H,3,9-12,19H2,1-2H3,(H,20,21)/t13?,15?,16?,17-/m0/s1. The molecule has 0 aromatic heterocycles. The number of hydrogen-bond acceptors (Lipinski definition) is 2. The highest BCUT2D eigenvalue weighted by atomic mass is 16.2. The third-order valence-electron chi connectivity index (χ3n) is 4.90. The van der Waals surface area contributed by atoms with Crippen molar-refractivity contribution in [2.24, 2.45) is 11.7 Å². The fourth-order valence-electron chi connectivity index (χ4n) is 3.11. The lowest BCUT2D eigenvalue weighted by Crippen LogP contribution is -2.49. The minimum Gasteiger partial charge on any atom is -0.352 e. The zero-order chi connectivity index (χ0) is 15.2. The van der Waals surface area contributed by atoms with Gasteiger partial charge in [-0.1, -0.05) is 50.6 Å². The lowest BCUT2D eigenvalue weighted by molar-refractivity contribution is -0.124. The van der Waals surface area contributed by atoms with E-state index in [1.807, 2.05) is 6.92 Å². The molecule has 1 unspecified atom stereocenters. The van der Waals surface area contributed by atoms with Gasteiger partial charge in [-0.15, -0.1) is 0 Å². The first-order valence-corrected chi connectivity index (χ1v) is 8.22. The Bertz CT molecular complexity index is 438. The smallest absolute Gasteiger partial charge is 0.237 e. The second-order valence-corrected chi connectivity index (χ2v) is 6.38. The molecule has 1 aliphatic carbocycles. The summed E-state index contributed by atoms with van der Waals surface area (Å²) in [6.07, 6.45) is 5.34. The van der Waals surface area contributed by atoms with Crippen molar-refractivity contribution in [3.63, 3.8) is 0 Å². The SMILES string of the molecule is CCC(C)[C@H](N)C(=O)NC1CCC(c2ccccc2)CC1. The van der Waals surface area contributed by atoms with Crippen LogP contribution in [0.4, 0.5) is 0 Å². The molecule has 1 aromatic carbocycles. The molecular weight excluding hydrogens is 260 g/mol. The first-order valence-electron chi connectivity index (χ1n) is 8.22. The molecule has 3 N–H and O–H groups in total. The van der Waals surface area contributed by atoms with E-state index in [0.717, 1.165) is 32.1 Å². The molecule has 0 saturated heterocycles. The minimum absolute atomic E-state index is 0.0208. The highest BCUT2D eigenvalue weighted by molar-refractivity contribution is 5.82. The lowest BCUT2D eigenvalue weighted by Gasteiger charge is -2.30. The Hall–Kier alpha value is -1.35. The Morgan fingerprint density at radius 2 is 1.86 bits per heavy atom. The summed E-state index contributed by atoms with van der Waals surface area (Å²) < 4.78 is 0. The molecule has 1 fully saturated rings. The number of nitrogens with one attached hydrogen (secondary N) is 1. The van der Waals surface area contributed by atoms with Crippen LogP contribution in [0.2, 0.25) is 0 Å². The molecule has 2 rings (SSSR count). The molecule has 1 saturated carbocycles. The summed E-state index contributed by atoms with van der Waals surface area (Å²) in [6, 6.07) is 10.6. The molecule has 2 atom stereocenters. The van der Waals surface area contributed by atoms with Crippen molar-refractivity contribution in [3.8, 4) is 0 Å². The number of nitrogens with two attached hydrogens (primary N) is 1. The average Bonchev–Trinajstić information content (AvgIpc) is 2.54. The monoisotopic (exact) mass is 288 g/mol. The van der Waals surface area contributed by atoms with Gasteiger partial charge >= 0.3 is 0 Å². The summed E-state index contributed by atoms with van der Waals surface area (Å²) in [4.78, 5) is 12.1. The van der Waals surface area contributed by atoms with Crippen molar-refractivity contribution < 1.29 is 4.79 Å². The van der Waals surface area contributed by atoms with Crippen LogP contribution in [-0.2, 0) is 4.79 Å². The van der Waals surface area contributed by atoms with Crippen molar-refractivity contribution >= 4 is 5.91 Å². The highest BCUT2D eigenvalue weighted by Crippen LogP contribution is 2.32. The van der Waals surface area contributed by atoms with E-state index >= 15 is 0 Å². The zero-order valence-corrected chi connectivity index (χ0v) is 13.2. The largest absolute Gasteiger partial charge is 0.352 e. The van der Waals surface area contributed by atoms with Gasteiger partial charge in [0, 0.05) is 6.04 Å². The lowest BCUT2D eigenvalue weighted by atomic mass is 9.81. The third-order valence-corrected chi connectivity index (χ3v) is 4.90. The van der Waals surface area contributed by atoms with E-state index < -0.39 is 0 Å². The predicted molar refractivity (Wildman–Crippen MR) is 87.0 cm³/mol. The number of amides is 1. The molecule has 1 aliphatic rings. The van der Waals surface area contributed by atoms with Crippen LogP contribution in [0.1, 0.15) is 57.4 Å². The van der Waals surface area contributed by atoms with Crippen LogP contribution in [0.3, 0.4) is 0 Å². The summed E-state index contributed by atoms with van der Waals surface area (Å²) in [5.74, 6) is 0.903. The van der Waals surface area contributed by atoms with Gasteiger partial charge in [0.05, 0.1) is 6.04 Å². The van der Waals surface area contributed by atoms with Crippen molar-refractivity contribution in [1.29, 1.82) is 0 Å². The number of benzene rings is 1. The first-order chi connectivity index (χ1) is 10.1. The zero-order valence-electron chi connectivity index (χ0n) is 13.2. The van der Waals surface area contributed by atoms with E-state index in [1.54, 1.807) is 0 Å². The molecule has 1 aromatic rings. The van der Waals surface area contributed by atoms with E-state index in [2.05, 4.69) is 42.6 Å². The Balaban J connectivity index is 1.80. The fourth-order valence-corrected chi connectivity index (χ4v) is 3.11. The number of rotatable bonds is 5. The summed E-state index contributed by atoms with van der Waals surface area (Å²) >= 11 is 0. The summed E-state index contributed by atoms with van der Waals surface area (Å²) in [5, 5.41) is 3.14. The predicted octanol–water partition coefficient (Wildman–Crippen LogP) is 3.20. The van der Waals surface area contributed by atoms with Gasteiger partial charge in [0.2, 0.25) is 5.91 Å². The maximum absolute atomic E-state index is 12.1. The van der Waals surface area contributed by atoms with Crippen molar-refractivity contribution in [2.75, 3.05) is 0 Å². The third kappa shape index (κ3) is 4.31. The van der Waals surface area contributed by atoms with E-state index in [1.165, 1.54) is 5.56 Å². The number of hydrogen-bond donors (Lipinski definition) is 2. The van der Waals surface area contributed by atoms with Crippen molar-refractivity contribution in [1.82, 2.24) is 5.32 Å². The summed E-state index contributed by atoms with van der Waals surface area (Å²) in [5.41, 5.74) is 7.42. The molecule has 0 heterocycles. The fraction of sp³-hybridized carbons (Fsp3) is 0.611. The molecule has 0 bridgehead atoms. The first kappa shape index (κ1) is 16.0. The van der Waals surface area contributed by atoms with E-state index in [4.69, 9.17) is 5.73 Å². The summed E-state index contributed by atoms with van der Waals surface area (Å²) in [7, 11) is 0. The number of carbonyl (C=O) groups is 1. The molecule has 0 aliphatic heterocycles. The van der Waals surface area contributed by atoms with Gasteiger partial charge in [-0.3, -0.25) is 4.79 Å². The normalized spacial score (nSPS) is 25.1. The molecule has 116 valence electrons. The van der Waals surface area contributed by atoms with Crippen molar-refractivity contribution in [3.05, 3.63) is 35.9 Å². The van der Waals surface area contributed by atoms with Gasteiger partial charge in [0.25, 0.3) is 0 Å². The van der Waals surface area contributed by atoms with Crippen LogP contribution < -0.4 is 11.1 Å². The van der Waals surface area contributed by atoms with Gasteiger partial charge in [0.1, 0.15) is 0 Å². The highest BCUT2D eigenvalue weighted by Gasteiger charge is 2.26. The molecular formula is C18H28N2O. The van der Waals surface area contributed by atoms with Crippen LogP contribution in [0.25, 0.3) is 0 Å². The van der Waals surface area contributed by atoms with Gasteiger partial charge in [-0.2, -0.15) is 0 Å². The van der Waals surface area contributed by atoms with Crippen molar-refractivity contribution in [2.45, 2.75) is 64.0 Å². The van der Waals surface area contributed by atoms with Gasteiger partial charge < -0.3 is 11.1 Å². The van der Waals surface area contributed by atoms with Crippen LogP contribution in [0.15, 0.2) is 30.3 Å². The van der Waals surface area contributed by atoms with Gasteiger partial charge in [0.15, 0.2) is 0 Å². The topological polar surface area (TPSA) is 55.1 Å². The molecule has 21 heavy (non-hydrogen) atoms.